The molecule has 0 spiro atoms. The molecule has 0 unspecified atom stereocenters. The van der Waals surface area contributed by atoms with Crippen molar-refractivity contribution in [2.45, 2.75) is 49.5 Å². The van der Waals surface area contributed by atoms with Crippen LogP contribution in [0.25, 0.3) is 0 Å². The number of H-pyrrole nitrogens is 1. The van der Waals surface area contributed by atoms with E-state index in [9.17, 15) is 8.78 Å². The topological polar surface area (TPSA) is 82.2 Å². The molecule has 2 aliphatic heterocycles. The number of halogens is 3. The minimum atomic E-state index is -2.61. The predicted molar refractivity (Wildman–Crippen MR) is 111 cm³/mol. The summed E-state index contributed by atoms with van der Waals surface area (Å²) >= 11 is 0. The van der Waals surface area contributed by atoms with Gasteiger partial charge in [0.25, 0.3) is 0 Å². The smallest absolute Gasteiger partial charge is 0.249 e. The van der Waals surface area contributed by atoms with Gasteiger partial charge in [-0.2, -0.15) is 9.49 Å². The van der Waals surface area contributed by atoms with Crippen LogP contribution in [0.1, 0.15) is 49.0 Å². The third-order valence-electron chi connectivity index (χ3n) is 6.92. The number of aromatic nitrogens is 4. The summed E-state index contributed by atoms with van der Waals surface area (Å²) in [5.74, 6) is -1.68. The van der Waals surface area contributed by atoms with E-state index in [4.69, 9.17) is 4.74 Å². The number of nitrogens with zero attached hydrogens (tertiary/aromatic N) is 5. The van der Waals surface area contributed by atoms with Gasteiger partial charge in [-0.3, -0.25) is 10.00 Å². The SMILES string of the molecule is Fc1c(Nc2cc(C3CC(F)(F)C3)[nH]n2)nc(C2CC2)nc1N1CCN(C2COC2)CC1. The normalized spacial score (nSPS) is 24.3. The maximum atomic E-state index is 15.5. The third-order valence-corrected chi connectivity index (χ3v) is 6.92. The van der Waals surface area contributed by atoms with Crippen molar-refractivity contribution in [3.63, 3.8) is 0 Å². The summed E-state index contributed by atoms with van der Waals surface area (Å²) in [6.07, 6.45) is 1.63. The van der Waals surface area contributed by atoms with Crippen molar-refractivity contribution in [1.82, 2.24) is 25.1 Å². The van der Waals surface area contributed by atoms with Crippen molar-refractivity contribution < 1.29 is 17.9 Å². The second kappa shape index (κ2) is 7.58. The van der Waals surface area contributed by atoms with Crippen molar-refractivity contribution in [3.8, 4) is 0 Å². The van der Waals surface area contributed by atoms with Crippen molar-refractivity contribution in [3.05, 3.63) is 23.4 Å². The van der Waals surface area contributed by atoms with Gasteiger partial charge in [0.15, 0.2) is 17.5 Å². The Balaban J connectivity index is 1.20. The molecule has 4 aliphatic rings. The lowest BCUT2D eigenvalue weighted by Gasteiger charge is -2.42. The summed E-state index contributed by atoms with van der Waals surface area (Å²) in [6, 6.07) is 2.13. The number of nitrogens with one attached hydrogen (secondary N) is 2. The van der Waals surface area contributed by atoms with E-state index in [0.717, 1.165) is 39.1 Å². The summed E-state index contributed by atoms with van der Waals surface area (Å²) < 4.78 is 47.2. The average Bonchev–Trinajstić information content (AvgIpc) is 3.46. The maximum Gasteiger partial charge on any atom is 0.249 e. The van der Waals surface area contributed by atoms with Crippen molar-refractivity contribution in [1.29, 1.82) is 0 Å². The van der Waals surface area contributed by atoms with E-state index in [-0.39, 0.29) is 30.5 Å². The fourth-order valence-electron chi connectivity index (χ4n) is 4.61. The van der Waals surface area contributed by atoms with Gasteiger partial charge >= 0.3 is 0 Å². The lowest BCUT2D eigenvalue weighted by molar-refractivity contribution is -0.0876. The molecule has 11 heteroatoms. The van der Waals surface area contributed by atoms with E-state index in [1.54, 1.807) is 6.07 Å². The standard InChI is InChI=1S/C21H26F3N7O/c22-17-19(25-16-7-15(28-29-16)13-8-21(23,24)9-13)26-18(12-1-2-12)27-20(17)31-5-3-30(4-6-31)14-10-32-11-14/h7,12-14H,1-6,8-11H2,(H2,25,26,27,28,29). The van der Waals surface area contributed by atoms with Crippen molar-refractivity contribution in [2.75, 3.05) is 49.6 Å². The zero-order chi connectivity index (χ0) is 21.9. The average molecular weight is 449 g/mol. The number of rotatable bonds is 6. The van der Waals surface area contributed by atoms with Gasteiger partial charge in [-0.1, -0.05) is 0 Å². The molecule has 2 aromatic heterocycles. The second-order valence-corrected chi connectivity index (χ2v) is 9.35. The molecule has 0 amide bonds. The second-order valence-electron chi connectivity index (χ2n) is 9.35. The van der Waals surface area contributed by atoms with Gasteiger partial charge in [0.05, 0.1) is 19.3 Å². The molecular weight excluding hydrogens is 423 g/mol. The van der Waals surface area contributed by atoms with Crippen LogP contribution in [0.4, 0.5) is 30.6 Å². The Kier molecular flexibility index (Phi) is 4.79. The van der Waals surface area contributed by atoms with E-state index in [2.05, 4.69) is 30.4 Å². The van der Waals surface area contributed by atoms with Crippen LogP contribution >= 0.6 is 0 Å². The molecule has 32 heavy (non-hydrogen) atoms. The minimum absolute atomic E-state index is 0.0868. The van der Waals surface area contributed by atoms with E-state index in [1.165, 1.54) is 0 Å². The number of aromatic amines is 1. The van der Waals surface area contributed by atoms with Crippen LogP contribution in [0, 0.1) is 5.82 Å². The summed E-state index contributed by atoms with van der Waals surface area (Å²) in [6.45, 7) is 4.60. The molecule has 0 bridgehead atoms. The number of hydrogen-bond donors (Lipinski definition) is 2. The molecule has 8 nitrogen and oxygen atoms in total. The monoisotopic (exact) mass is 449 g/mol. The first-order valence-corrected chi connectivity index (χ1v) is 11.3. The first kappa shape index (κ1) is 20.2. The van der Waals surface area contributed by atoms with Gasteiger partial charge in [0, 0.05) is 62.6 Å². The molecule has 4 fully saturated rings. The lowest BCUT2D eigenvalue weighted by atomic mass is 9.79. The summed E-state index contributed by atoms with van der Waals surface area (Å²) in [5.41, 5.74) is 0.631. The highest BCUT2D eigenvalue weighted by molar-refractivity contribution is 5.59. The highest BCUT2D eigenvalue weighted by atomic mass is 19.3. The zero-order valence-electron chi connectivity index (χ0n) is 17.7. The summed E-state index contributed by atoms with van der Waals surface area (Å²) in [5, 5.41) is 9.90. The fourth-order valence-corrected chi connectivity index (χ4v) is 4.61. The Morgan fingerprint density at radius 2 is 1.81 bits per heavy atom. The van der Waals surface area contributed by atoms with Crippen LogP contribution in [-0.4, -0.2) is 76.4 Å². The van der Waals surface area contributed by atoms with E-state index in [0.29, 0.717) is 42.3 Å². The number of ether oxygens (including phenoxy) is 1. The van der Waals surface area contributed by atoms with E-state index in [1.807, 2.05) is 4.90 Å². The van der Waals surface area contributed by atoms with Crippen LogP contribution in [0.3, 0.4) is 0 Å². The highest BCUT2D eigenvalue weighted by Crippen LogP contribution is 2.48. The van der Waals surface area contributed by atoms with Crippen LogP contribution < -0.4 is 10.2 Å². The number of hydrogen-bond acceptors (Lipinski definition) is 7. The van der Waals surface area contributed by atoms with Gasteiger partial charge in [0.1, 0.15) is 5.82 Å². The van der Waals surface area contributed by atoms with Crippen LogP contribution in [0.5, 0.6) is 0 Å². The lowest BCUT2D eigenvalue weighted by Crippen LogP contribution is -2.56. The summed E-state index contributed by atoms with van der Waals surface area (Å²) in [4.78, 5) is 13.4. The number of alkyl halides is 2. The number of piperazine rings is 1. The van der Waals surface area contributed by atoms with E-state index < -0.39 is 11.7 Å². The molecule has 172 valence electrons. The molecule has 6 rings (SSSR count). The fraction of sp³-hybridized carbons (Fsp3) is 0.667. The molecule has 2 N–H and O–H groups in total. The molecule has 0 atom stereocenters. The Morgan fingerprint density at radius 1 is 1.06 bits per heavy atom. The predicted octanol–water partition coefficient (Wildman–Crippen LogP) is 2.99. The molecule has 4 heterocycles. The first-order chi connectivity index (χ1) is 15.4. The molecule has 0 aromatic carbocycles. The van der Waals surface area contributed by atoms with E-state index >= 15 is 4.39 Å². The molecular formula is C21H26F3N7O. The number of anilines is 3. The van der Waals surface area contributed by atoms with Crippen LogP contribution in [-0.2, 0) is 4.74 Å². The molecule has 2 aliphatic carbocycles. The van der Waals surface area contributed by atoms with Gasteiger partial charge in [-0.05, 0) is 12.8 Å². The first-order valence-electron chi connectivity index (χ1n) is 11.3. The highest BCUT2D eigenvalue weighted by Gasteiger charge is 2.46. The Bertz CT molecular complexity index is 991. The van der Waals surface area contributed by atoms with Gasteiger partial charge < -0.3 is 15.0 Å². The van der Waals surface area contributed by atoms with Crippen LogP contribution in [0.15, 0.2) is 6.07 Å². The van der Waals surface area contributed by atoms with Gasteiger partial charge in [-0.15, -0.1) is 0 Å². The molecule has 2 saturated heterocycles. The van der Waals surface area contributed by atoms with Crippen molar-refractivity contribution >= 4 is 17.5 Å². The minimum Gasteiger partial charge on any atom is -0.378 e. The summed E-state index contributed by atoms with van der Waals surface area (Å²) in [7, 11) is 0. The Hall–Kier alpha value is -2.40. The molecule has 0 radical (unpaired) electrons. The maximum absolute atomic E-state index is 15.5. The van der Waals surface area contributed by atoms with Gasteiger partial charge in [0.2, 0.25) is 11.7 Å². The zero-order valence-corrected chi connectivity index (χ0v) is 17.7. The van der Waals surface area contributed by atoms with Crippen LogP contribution in [0.2, 0.25) is 0 Å². The molecule has 2 aromatic rings. The quantitative estimate of drug-likeness (QED) is 0.702. The van der Waals surface area contributed by atoms with Gasteiger partial charge in [-0.25, -0.2) is 18.7 Å². The van der Waals surface area contributed by atoms with Crippen molar-refractivity contribution in [2.24, 2.45) is 0 Å². The Morgan fingerprint density at radius 3 is 2.44 bits per heavy atom. The molecule has 2 saturated carbocycles. The Labute approximate surface area is 183 Å². The third kappa shape index (κ3) is 3.81. The largest absolute Gasteiger partial charge is 0.378 e.